The van der Waals surface area contributed by atoms with Gasteiger partial charge in [0.25, 0.3) is 0 Å². The first kappa shape index (κ1) is 12.5. The largest absolute Gasteiger partial charge is 0.479 e. The fraction of sp³-hybridized carbons (Fsp3) is 0.833. The summed E-state index contributed by atoms with van der Waals surface area (Å²) in [6.07, 6.45) is -0.861. The molecule has 1 atom stereocenters. The molecule has 0 aliphatic carbocycles. The molecule has 0 unspecified atom stereocenters. The molecule has 0 spiro atoms. The predicted molar refractivity (Wildman–Crippen MR) is 43.5 cm³/mol. The van der Waals surface area contributed by atoms with E-state index in [1.54, 1.807) is 0 Å². The lowest BCUT2D eigenvalue weighted by Crippen LogP contribution is -2.21. The van der Waals surface area contributed by atoms with Crippen LogP contribution in [0.4, 0.5) is 0 Å². The highest BCUT2D eigenvalue weighted by Crippen LogP contribution is 2.03. The van der Waals surface area contributed by atoms with Crippen LogP contribution in [-0.4, -0.2) is 22.3 Å². The molecule has 2 N–H and O–H groups in total. The summed E-state index contributed by atoms with van der Waals surface area (Å²) in [6.45, 7) is 3.73. The summed E-state index contributed by atoms with van der Waals surface area (Å²) < 4.78 is 0. The van der Waals surface area contributed by atoms with Crippen molar-refractivity contribution < 1.29 is 15.0 Å². The molecular weight excluding hydrogens is 152 g/mol. The molecule has 0 saturated heterocycles. The monoisotopic (exact) mass is 166 g/mol. The molecule has 0 rings (SSSR count). The van der Waals surface area contributed by atoms with Crippen molar-refractivity contribution in [3.8, 4) is 0 Å². The normalized spacial score (nSPS) is 12.4. The van der Waals surface area contributed by atoms with Crippen molar-refractivity contribution in [1.29, 1.82) is 0 Å². The Kier molecular flexibility index (Phi) is 6.92. The van der Waals surface area contributed by atoms with Crippen molar-refractivity contribution in [2.24, 2.45) is 5.92 Å². The highest BCUT2D eigenvalue weighted by Gasteiger charge is 2.13. The van der Waals surface area contributed by atoms with Crippen LogP contribution in [0.3, 0.4) is 0 Å². The number of carboxylic acids is 1. The Morgan fingerprint density at radius 3 is 2.00 bits per heavy atom. The average molecular weight is 166 g/mol. The van der Waals surface area contributed by atoms with Crippen LogP contribution in [0.2, 0.25) is 0 Å². The number of hydrogen-bond donors (Lipinski definition) is 2. The van der Waals surface area contributed by atoms with E-state index in [1.165, 1.54) is 0 Å². The molecule has 0 radical (unpaired) electrons. The van der Waals surface area contributed by atoms with Crippen LogP contribution in [0.15, 0.2) is 0 Å². The molecular formula is C6H14O3S. The van der Waals surface area contributed by atoms with Gasteiger partial charge in [0.05, 0.1) is 0 Å². The Labute approximate surface area is 67.5 Å². The van der Waals surface area contributed by atoms with E-state index in [1.807, 2.05) is 13.8 Å². The Hall–Kier alpha value is -0.220. The van der Waals surface area contributed by atoms with Crippen molar-refractivity contribution >= 4 is 19.5 Å². The third-order valence-corrected chi connectivity index (χ3v) is 0.980. The Bertz CT molecular complexity index is 103. The van der Waals surface area contributed by atoms with Crippen LogP contribution in [0.1, 0.15) is 20.3 Å². The third-order valence-electron chi connectivity index (χ3n) is 0.980. The lowest BCUT2D eigenvalue weighted by Gasteiger charge is -2.06. The van der Waals surface area contributed by atoms with E-state index < -0.39 is 12.1 Å². The first-order valence-corrected chi connectivity index (χ1v) is 2.95. The molecule has 0 aromatic heterocycles. The van der Waals surface area contributed by atoms with Gasteiger partial charge in [-0.3, -0.25) is 0 Å². The first-order valence-electron chi connectivity index (χ1n) is 2.95. The minimum atomic E-state index is -1.19. The van der Waals surface area contributed by atoms with Gasteiger partial charge in [-0.15, -0.1) is 0 Å². The SMILES string of the molecule is CC(C)C[C@H](O)C(=O)O.S. The van der Waals surface area contributed by atoms with Crippen molar-refractivity contribution in [2.75, 3.05) is 0 Å². The number of aliphatic hydroxyl groups is 1. The molecule has 0 aliphatic rings. The summed E-state index contributed by atoms with van der Waals surface area (Å²) in [4.78, 5) is 9.98. The minimum absolute atomic E-state index is 0. The zero-order valence-corrected chi connectivity index (χ0v) is 7.16. The van der Waals surface area contributed by atoms with Gasteiger partial charge >= 0.3 is 5.97 Å². The van der Waals surface area contributed by atoms with Gasteiger partial charge in [-0.25, -0.2) is 4.79 Å². The summed E-state index contributed by atoms with van der Waals surface area (Å²) in [6, 6.07) is 0. The van der Waals surface area contributed by atoms with Crippen LogP contribution >= 0.6 is 13.5 Å². The van der Waals surface area contributed by atoms with E-state index in [0.717, 1.165) is 0 Å². The second kappa shape index (κ2) is 5.56. The summed E-state index contributed by atoms with van der Waals surface area (Å²) in [5.41, 5.74) is 0. The number of carboxylic acid groups (broad SMARTS) is 1. The highest BCUT2D eigenvalue weighted by atomic mass is 32.1. The summed E-state index contributed by atoms with van der Waals surface area (Å²) in [5.74, 6) is -0.903. The smallest absolute Gasteiger partial charge is 0.332 e. The zero-order valence-electron chi connectivity index (χ0n) is 6.16. The summed E-state index contributed by atoms with van der Waals surface area (Å²) in [5, 5.41) is 16.9. The van der Waals surface area contributed by atoms with E-state index in [2.05, 4.69) is 0 Å². The van der Waals surface area contributed by atoms with Crippen molar-refractivity contribution in [3.05, 3.63) is 0 Å². The lowest BCUT2D eigenvalue weighted by molar-refractivity contribution is -0.147. The van der Waals surface area contributed by atoms with Gasteiger partial charge in [0.15, 0.2) is 6.10 Å². The lowest BCUT2D eigenvalue weighted by atomic mass is 10.1. The topological polar surface area (TPSA) is 57.5 Å². The van der Waals surface area contributed by atoms with Gasteiger partial charge in [0.2, 0.25) is 0 Å². The zero-order chi connectivity index (χ0) is 7.44. The standard InChI is InChI=1S/C6H12O3.H2S/c1-4(2)3-5(7)6(8)9;/h4-5,7H,3H2,1-2H3,(H,8,9);1H2/t5-;/m0./s1. The van der Waals surface area contributed by atoms with E-state index in [4.69, 9.17) is 10.2 Å². The van der Waals surface area contributed by atoms with Crippen LogP contribution in [0.25, 0.3) is 0 Å². The molecule has 0 fully saturated rings. The minimum Gasteiger partial charge on any atom is -0.479 e. The van der Waals surface area contributed by atoms with E-state index in [9.17, 15) is 4.79 Å². The van der Waals surface area contributed by atoms with E-state index in [-0.39, 0.29) is 19.4 Å². The van der Waals surface area contributed by atoms with Crippen LogP contribution in [-0.2, 0) is 4.79 Å². The molecule has 0 amide bonds. The molecule has 0 aromatic rings. The average Bonchev–Trinajstić information content (AvgIpc) is 1.63. The van der Waals surface area contributed by atoms with Gasteiger partial charge in [-0.05, 0) is 12.3 Å². The Balaban J connectivity index is 0. The molecule has 0 heterocycles. The van der Waals surface area contributed by atoms with Gasteiger partial charge < -0.3 is 10.2 Å². The maximum absolute atomic E-state index is 9.98. The predicted octanol–water partition coefficient (Wildman–Crippen LogP) is 0.591. The third kappa shape index (κ3) is 5.91. The quantitative estimate of drug-likeness (QED) is 0.645. The Morgan fingerprint density at radius 1 is 1.50 bits per heavy atom. The van der Waals surface area contributed by atoms with Crippen LogP contribution in [0, 0.1) is 5.92 Å². The van der Waals surface area contributed by atoms with E-state index in [0.29, 0.717) is 6.42 Å². The van der Waals surface area contributed by atoms with Gasteiger partial charge in [-0.1, -0.05) is 13.8 Å². The van der Waals surface area contributed by atoms with Gasteiger partial charge in [-0.2, -0.15) is 13.5 Å². The second-order valence-corrected chi connectivity index (χ2v) is 2.48. The fourth-order valence-corrected chi connectivity index (χ4v) is 0.547. The van der Waals surface area contributed by atoms with Gasteiger partial charge in [0.1, 0.15) is 0 Å². The number of aliphatic hydroxyl groups excluding tert-OH is 1. The number of rotatable bonds is 3. The molecule has 62 valence electrons. The first-order chi connectivity index (χ1) is 4.04. The molecule has 0 aliphatic heterocycles. The van der Waals surface area contributed by atoms with Crippen molar-refractivity contribution in [3.63, 3.8) is 0 Å². The van der Waals surface area contributed by atoms with Crippen molar-refractivity contribution in [1.82, 2.24) is 0 Å². The van der Waals surface area contributed by atoms with E-state index >= 15 is 0 Å². The molecule has 10 heavy (non-hydrogen) atoms. The van der Waals surface area contributed by atoms with Gasteiger partial charge in [0, 0.05) is 0 Å². The summed E-state index contributed by atoms with van der Waals surface area (Å²) in [7, 11) is 0. The molecule has 4 heteroatoms. The Morgan fingerprint density at radius 2 is 1.90 bits per heavy atom. The molecule has 0 aromatic carbocycles. The maximum Gasteiger partial charge on any atom is 0.332 e. The highest BCUT2D eigenvalue weighted by molar-refractivity contribution is 7.59. The molecule has 0 bridgehead atoms. The maximum atomic E-state index is 9.98. The molecule has 3 nitrogen and oxygen atoms in total. The fourth-order valence-electron chi connectivity index (χ4n) is 0.547. The number of aliphatic carboxylic acids is 1. The number of hydrogen-bond acceptors (Lipinski definition) is 2. The number of carbonyl (C=O) groups is 1. The van der Waals surface area contributed by atoms with Crippen LogP contribution < -0.4 is 0 Å². The molecule has 0 saturated carbocycles. The van der Waals surface area contributed by atoms with Crippen LogP contribution in [0.5, 0.6) is 0 Å². The second-order valence-electron chi connectivity index (χ2n) is 2.48. The summed E-state index contributed by atoms with van der Waals surface area (Å²) >= 11 is 0. The van der Waals surface area contributed by atoms with Crippen molar-refractivity contribution in [2.45, 2.75) is 26.4 Å².